The summed E-state index contributed by atoms with van der Waals surface area (Å²) in [6.45, 7) is 3.06. The van der Waals surface area contributed by atoms with Gasteiger partial charge in [-0.1, -0.05) is 12.1 Å². The quantitative estimate of drug-likeness (QED) is 0.817. The highest BCUT2D eigenvalue weighted by molar-refractivity contribution is 5.98. The van der Waals surface area contributed by atoms with Gasteiger partial charge in [0, 0.05) is 17.3 Å². The molecule has 1 atom stereocenters. The monoisotopic (exact) mass is 338 g/mol. The van der Waals surface area contributed by atoms with Crippen molar-refractivity contribution in [2.24, 2.45) is 0 Å². The van der Waals surface area contributed by atoms with Crippen LogP contribution in [0.4, 0.5) is 5.69 Å². The van der Waals surface area contributed by atoms with E-state index in [0.29, 0.717) is 28.3 Å². The van der Waals surface area contributed by atoms with Crippen LogP contribution in [0.25, 0.3) is 0 Å². The average Bonchev–Trinajstić information content (AvgIpc) is 2.62. The number of hydrogen-bond donors (Lipinski definition) is 1. The lowest BCUT2D eigenvalue weighted by molar-refractivity contribution is -0.122. The number of carbonyl (C=O) groups is 2. The van der Waals surface area contributed by atoms with Crippen LogP contribution in [0.1, 0.15) is 29.8 Å². The molecule has 0 fully saturated rings. The lowest BCUT2D eigenvalue weighted by Gasteiger charge is -2.17. The molecule has 0 saturated heterocycles. The molecule has 0 aromatic heterocycles. The maximum absolute atomic E-state index is 12.3. The van der Waals surface area contributed by atoms with Crippen molar-refractivity contribution in [1.82, 2.24) is 0 Å². The summed E-state index contributed by atoms with van der Waals surface area (Å²) < 4.78 is 10.8. The van der Waals surface area contributed by atoms with Crippen molar-refractivity contribution in [3.63, 3.8) is 0 Å². The molecule has 0 heterocycles. The predicted molar refractivity (Wildman–Crippen MR) is 92.9 cm³/mol. The molecular weight excluding hydrogens is 320 g/mol. The number of nitrogens with one attached hydrogen (secondary N) is 1. The molecule has 1 amide bonds. The van der Waals surface area contributed by atoms with Crippen molar-refractivity contribution < 1.29 is 19.1 Å². The lowest BCUT2D eigenvalue weighted by atomic mass is 10.1. The molecule has 0 aliphatic heterocycles. The molecular formula is C19H18N2O4. The minimum Gasteiger partial charge on any atom is -0.493 e. The van der Waals surface area contributed by atoms with Gasteiger partial charge in [0.25, 0.3) is 5.91 Å². The van der Waals surface area contributed by atoms with Crippen LogP contribution in [0.2, 0.25) is 0 Å². The van der Waals surface area contributed by atoms with Gasteiger partial charge in [0.1, 0.15) is 0 Å². The minimum absolute atomic E-state index is 0.0808. The van der Waals surface area contributed by atoms with Gasteiger partial charge < -0.3 is 14.8 Å². The van der Waals surface area contributed by atoms with E-state index in [0.717, 1.165) is 0 Å². The van der Waals surface area contributed by atoms with Gasteiger partial charge in [-0.05, 0) is 38.1 Å². The fourth-order valence-electron chi connectivity index (χ4n) is 2.14. The Morgan fingerprint density at radius 1 is 1.16 bits per heavy atom. The number of carbonyl (C=O) groups excluding carboxylic acids is 2. The van der Waals surface area contributed by atoms with Crippen LogP contribution in [0.5, 0.6) is 11.5 Å². The topological polar surface area (TPSA) is 88.4 Å². The molecule has 6 heteroatoms. The van der Waals surface area contributed by atoms with Crippen molar-refractivity contribution >= 4 is 17.4 Å². The number of methoxy groups -OCH3 is 1. The first-order valence-corrected chi connectivity index (χ1v) is 7.61. The molecule has 128 valence electrons. The molecule has 1 N–H and O–H groups in total. The van der Waals surface area contributed by atoms with Crippen LogP contribution in [0, 0.1) is 11.3 Å². The second-order valence-corrected chi connectivity index (χ2v) is 5.36. The summed E-state index contributed by atoms with van der Waals surface area (Å²) in [5, 5.41) is 11.6. The van der Waals surface area contributed by atoms with Crippen molar-refractivity contribution in [2.75, 3.05) is 12.4 Å². The van der Waals surface area contributed by atoms with E-state index in [1.165, 1.54) is 20.1 Å². The van der Waals surface area contributed by atoms with Gasteiger partial charge in [-0.25, -0.2) is 0 Å². The van der Waals surface area contributed by atoms with Gasteiger partial charge in [-0.15, -0.1) is 0 Å². The van der Waals surface area contributed by atoms with E-state index in [9.17, 15) is 9.59 Å². The van der Waals surface area contributed by atoms with Crippen LogP contribution in [0.3, 0.4) is 0 Å². The first-order valence-electron chi connectivity index (χ1n) is 7.61. The normalized spacial score (nSPS) is 11.1. The molecule has 0 aliphatic rings. The van der Waals surface area contributed by atoms with Crippen LogP contribution >= 0.6 is 0 Å². The summed E-state index contributed by atoms with van der Waals surface area (Å²) in [5.74, 6) is 0.286. The maximum atomic E-state index is 12.3. The Morgan fingerprint density at radius 2 is 1.92 bits per heavy atom. The number of nitrogens with zero attached hydrogens (tertiary/aromatic N) is 1. The average molecular weight is 338 g/mol. The summed E-state index contributed by atoms with van der Waals surface area (Å²) >= 11 is 0. The van der Waals surface area contributed by atoms with Gasteiger partial charge in [0.15, 0.2) is 23.4 Å². The molecule has 0 spiro atoms. The molecule has 2 aromatic rings. The summed E-state index contributed by atoms with van der Waals surface area (Å²) in [4.78, 5) is 23.7. The van der Waals surface area contributed by atoms with E-state index in [-0.39, 0.29) is 11.7 Å². The first-order chi connectivity index (χ1) is 11.9. The molecule has 0 saturated carbocycles. The number of amides is 1. The minimum atomic E-state index is -0.803. The third-order valence-corrected chi connectivity index (χ3v) is 3.50. The Morgan fingerprint density at radius 3 is 2.56 bits per heavy atom. The van der Waals surface area contributed by atoms with Crippen molar-refractivity contribution in [1.29, 1.82) is 5.26 Å². The SMILES string of the molecule is COc1cc(C#N)ccc1O[C@@H](C)C(=O)Nc1cccc(C(C)=O)c1. The second kappa shape index (κ2) is 7.97. The zero-order valence-corrected chi connectivity index (χ0v) is 14.2. The largest absolute Gasteiger partial charge is 0.493 e. The van der Waals surface area contributed by atoms with Gasteiger partial charge in [-0.2, -0.15) is 5.26 Å². The Labute approximate surface area is 146 Å². The number of anilines is 1. The zero-order chi connectivity index (χ0) is 18.4. The van der Waals surface area contributed by atoms with Crippen molar-refractivity contribution in [2.45, 2.75) is 20.0 Å². The number of ketones is 1. The zero-order valence-electron chi connectivity index (χ0n) is 14.2. The van der Waals surface area contributed by atoms with Gasteiger partial charge in [-0.3, -0.25) is 9.59 Å². The standard InChI is InChI=1S/C19H18N2O4/c1-12(22)15-5-4-6-16(10-15)21-19(23)13(2)25-17-8-7-14(11-20)9-18(17)24-3/h4-10,13H,1-3H3,(H,21,23)/t13-/m0/s1. The van der Waals surface area contributed by atoms with Gasteiger partial charge >= 0.3 is 0 Å². The van der Waals surface area contributed by atoms with Crippen LogP contribution < -0.4 is 14.8 Å². The molecule has 0 aliphatic carbocycles. The van der Waals surface area contributed by atoms with Gasteiger partial charge in [0.2, 0.25) is 0 Å². The van der Waals surface area contributed by atoms with Crippen molar-refractivity contribution in [3.05, 3.63) is 53.6 Å². The predicted octanol–water partition coefficient (Wildman–Crippen LogP) is 3.18. The van der Waals surface area contributed by atoms with Crippen molar-refractivity contribution in [3.8, 4) is 17.6 Å². The number of rotatable bonds is 6. The highest BCUT2D eigenvalue weighted by atomic mass is 16.5. The fourth-order valence-corrected chi connectivity index (χ4v) is 2.14. The Bertz CT molecular complexity index is 840. The number of benzene rings is 2. The third kappa shape index (κ3) is 4.58. The summed E-state index contributed by atoms with van der Waals surface area (Å²) in [7, 11) is 1.46. The number of nitriles is 1. The Hall–Kier alpha value is -3.33. The molecule has 0 bridgehead atoms. The summed E-state index contributed by atoms with van der Waals surface area (Å²) in [6, 6.07) is 13.4. The lowest BCUT2D eigenvalue weighted by Crippen LogP contribution is -2.30. The second-order valence-electron chi connectivity index (χ2n) is 5.36. The van der Waals surface area contributed by atoms with E-state index in [4.69, 9.17) is 14.7 Å². The molecule has 25 heavy (non-hydrogen) atoms. The summed E-state index contributed by atoms with van der Waals surface area (Å²) in [5.41, 5.74) is 1.46. The maximum Gasteiger partial charge on any atom is 0.265 e. The van der Waals surface area contributed by atoms with E-state index >= 15 is 0 Å². The third-order valence-electron chi connectivity index (χ3n) is 3.50. The Balaban J connectivity index is 2.09. The number of Topliss-reactive ketones (excluding diaryl/α,β-unsaturated/α-hetero) is 1. The highest BCUT2D eigenvalue weighted by Gasteiger charge is 2.17. The molecule has 2 aromatic carbocycles. The van der Waals surface area contributed by atoms with Crippen LogP contribution in [-0.4, -0.2) is 24.9 Å². The van der Waals surface area contributed by atoms with E-state index in [1.54, 1.807) is 43.3 Å². The molecule has 2 rings (SSSR count). The van der Waals surface area contributed by atoms with E-state index in [1.807, 2.05) is 6.07 Å². The highest BCUT2D eigenvalue weighted by Crippen LogP contribution is 2.29. The number of ether oxygens (including phenoxy) is 2. The molecule has 6 nitrogen and oxygen atoms in total. The summed E-state index contributed by atoms with van der Waals surface area (Å²) in [6.07, 6.45) is -0.803. The van der Waals surface area contributed by atoms with Gasteiger partial charge in [0.05, 0.1) is 18.7 Å². The van der Waals surface area contributed by atoms with Crippen LogP contribution in [-0.2, 0) is 4.79 Å². The Kier molecular flexibility index (Phi) is 5.75. The fraction of sp³-hybridized carbons (Fsp3) is 0.211. The smallest absolute Gasteiger partial charge is 0.265 e. The molecule has 0 radical (unpaired) electrons. The first kappa shape index (κ1) is 18.0. The number of hydrogen-bond acceptors (Lipinski definition) is 5. The molecule has 0 unspecified atom stereocenters. The van der Waals surface area contributed by atoms with Crippen LogP contribution in [0.15, 0.2) is 42.5 Å². The van der Waals surface area contributed by atoms with E-state index in [2.05, 4.69) is 5.32 Å². The van der Waals surface area contributed by atoms with E-state index < -0.39 is 6.10 Å².